The van der Waals surface area contributed by atoms with Gasteiger partial charge in [0.25, 0.3) is 0 Å². The second-order valence-corrected chi connectivity index (χ2v) is 9.73. The monoisotopic (exact) mass is 492 g/mol. The predicted molar refractivity (Wildman–Crippen MR) is 127 cm³/mol. The molecule has 2 fully saturated rings. The summed E-state index contributed by atoms with van der Waals surface area (Å²) < 4.78 is 60.4. The van der Waals surface area contributed by atoms with E-state index in [-0.39, 0.29) is 35.4 Å². The first-order chi connectivity index (χ1) is 16.9. The Morgan fingerprint density at radius 2 is 1.49 bits per heavy atom. The molecule has 4 nitrogen and oxygen atoms in total. The van der Waals surface area contributed by atoms with E-state index in [1.165, 1.54) is 12.1 Å². The van der Waals surface area contributed by atoms with E-state index in [0.717, 1.165) is 25.7 Å². The van der Waals surface area contributed by atoms with Gasteiger partial charge in [-0.3, -0.25) is 0 Å². The Labute approximate surface area is 205 Å². The van der Waals surface area contributed by atoms with Crippen LogP contribution in [-0.2, 0) is 4.74 Å². The van der Waals surface area contributed by atoms with Crippen LogP contribution in [0.25, 0.3) is 0 Å². The van der Waals surface area contributed by atoms with Crippen LogP contribution in [0.2, 0.25) is 0 Å². The van der Waals surface area contributed by atoms with E-state index in [9.17, 15) is 18.3 Å². The van der Waals surface area contributed by atoms with Gasteiger partial charge in [0, 0.05) is 19.1 Å². The van der Waals surface area contributed by atoms with Crippen molar-refractivity contribution in [1.82, 2.24) is 0 Å². The fraction of sp³-hybridized carbons (Fsp3) is 0.571. The Morgan fingerprint density at radius 3 is 2.11 bits per heavy atom. The third-order valence-electron chi connectivity index (χ3n) is 7.67. The highest BCUT2D eigenvalue weighted by atomic mass is 19.2. The van der Waals surface area contributed by atoms with Gasteiger partial charge in [0.2, 0.25) is 5.82 Å². The van der Waals surface area contributed by atoms with Gasteiger partial charge in [-0.05, 0) is 93.4 Å². The van der Waals surface area contributed by atoms with Crippen LogP contribution in [0.3, 0.4) is 0 Å². The van der Waals surface area contributed by atoms with Crippen LogP contribution >= 0.6 is 0 Å². The highest BCUT2D eigenvalue weighted by Crippen LogP contribution is 2.40. The Bertz CT molecular complexity index is 982. The Balaban J connectivity index is 1.34. The average molecular weight is 493 g/mol. The molecule has 1 atom stereocenters. The van der Waals surface area contributed by atoms with Crippen molar-refractivity contribution in [3.63, 3.8) is 0 Å². The second kappa shape index (κ2) is 11.7. The lowest BCUT2D eigenvalue weighted by atomic mass is 9.78. The topological polar surface area (TPSA) is 47.9 Å². The van der Waals surface area contributed by atoms with Crippen molar-refractivity contribution in [1.29, 1.82) is 0 Å². The highest BCUT2D eigenvalue weighted by Gasteiger charge is 2.31. The van der Waals surface area contributed by atoms with Gasteiger partial charge in [-0.1, -0.05) is 12.1 Å². The van der Waals surface area contributed by atoms with Gasteiger partial charge in [0.15, 0.2) is 17.9 Å². The quantitative estimate of drug-likeness (QED) is 0.410. The smallest absolute Gasteiger partial charge is 0.201 e. The minimum absolute atomic E-state index is 0.0378. The molecule has 0 aromatic heterocycles. The van der Waals surface area contributed by atoms with Crippen LogP contribution in [0.4, 0.5) is 13.2 Å². The maximum absolute atomic E-state index is 14.9. The zero-order valence-corrected chi connectivity index (χ0v) is 20.4. The van der Waals surface area contributed by atoms with Crippen LogP contribution in [-0.4, -0.2) is 31.2 Å². The summed E-state index contributed by atoms with van der Waals surface area (Å²) in [6.45, 7) is 2.33. The first kappa shape index (κ1) is 25.8. The molecule has 2 aliphatic carbocycles. The van der Waals surface area contributed by atoms with Gasteiger partial charge in [0.05, 0.1) is 12.7 Å². The molecule has 192 valence electrons. The van der Waals surface area contributed by atoms with Crippen molar-refractivity contribution in [3.8, 4) is 11.5 Å². The van der Waals surface area contributed by atoms with E-state index in [1.807, 2.05) is 6.92 Å². The summed E-state index contributed by atoms with van der Waals surface area (Å²) >= 11 is 0. The molecule has 2 aromatic rings. The van der Waals surface area contributed by atoms with E-state index in [1.54, 1.807) is 25.3 Å². The number of ether oxygens (including phenoxy) is 3. The van der Waals surface area contributed by atoms with Gasteiger partial charge in [0.1, 0.15) is 11.6 Å². The lowest BCUT2D eigenvalue weighted by Gasteiger charge is -2.32. The number of methoxy groups -OCH3 is 1. The molecule has 0 spiro atoms. The molecule has 0 bridgehead atoms. The molecule has 0 radical (unpaired) electrons. The van der Waals surface area contributed by atoms with Gasteiger partial charge >= 0.3 is 0 Å². The van der Waals surface area contributed by atoms with Crippen molar-refractivity contribution < 1.29 is 32.5 Å². The molecule has 2 saturated carbocycles. The van der Waals surface area contributed by atoms with Crippen molar-refractivity contribution in [2.45, 2.75) is 82.5 Å². The summed E-state index contributed by atoms with van der Waals surface area (Å²) in [4.78, 5) is 0. The summed E-state index contributed by atoms with van der Waals surface area (Å²) in [5, 5.41) is 10.6. The molecular formula is C28H35F3O4. The normalized spacial score (nSPS) is 25.8. The predicted octanol–water partition coefficient (Wildman–Crippen LogP) is 6.85. The Hall–Kier alpha value is -2.25. The molecular weight excluding hydrogens is 457 g/mol. The lowest BCUT2D eigenvalue weighted by molar-refractivity contribution is -0.0757. The van der Waals surface area contributed by atoms with Crippen molar-refractivity contribution >= 4 is 0 Å². The molecule has 0 amide bonds. The molecule has 0 aliphatic heterocycles. The Kier molecular flexibility index (Phi) is 8.60. The molecule has 35 heavy (non-hydrogen) atoms. The molecule has 1 N–H and O–H groups in total. The van der Waals surface area contributed by atoms with E-state index >= 15 is 0 Å². The first-order valence-electron chi connectivity index (χ1n) is 12.7. The number of rotatable bonds is 8. The molecule has 1 unspecified atom stereocenters. The van der Waals surface area contributed by atoms with Crippen LogP contribution in [0.15, 0.2) is 30.3 Å². The maximum Gasteiger partial charge on any atom is 0.201 e. The number of benzene rings is 2. The summed E-state index contributed by atoms with van der Waals surface area (Å²) in [5.41, 5.74) is 1.00. The van der Waals surface area contributed by atoms with Gasteiger partial charge in [-0.25, -0.2) is 8.78 Å². The largest absolute Gasteiger partial charge is 0.494 e. The number of aliphatic hydroxyl groups is 1. The second-order valence-electron chi connectivity index (χ2n) is 9.73. The van der Waals surface area contributed by atoms with Crippen LogP contribution in [0.5, 0.6) is 11.5 Å². The molecule has 4 rings (SSSR count). The number of aliphatic hydroxyl groups excluding tert-OH is 1. The van der Waals surface area contributed by atoms with E-state index in [0.29, 0.717) is 49.2 Å². The van der Waals surface area contributed by atoms with Crippen LogP contribution < -0.4 is 9.47 Å². The molecule has 2 aromatic carbocycles. The third kappa shape index (κ3) is 5.95. The standard InChI is InChI=1S/C28H35F3O4/c1-3-34-21-12-13-22(24(29)16-21)17-4-6-19(7-5-17)28(32)35-25-15-14-23(26(30)27(25)31)18-8-10-20(33-2)11-9-18/h12-20,28,32H,3-11H2,1-2H3. The van der Waals surface area contributed by atoms with Gasteiger partial charge < -0.3 is 19.3 Å². The zero-order valence-electron chi connectivity index (χ0n) is 20.4. The van der Waals surface area contributed by atoms with E-state index in [4.69, 9.17) is 14.2 Å². The summed E-state index contributed by atoms with van der Waals surface area (Å²) in [7, 11) is 1.67. The van der Waals surface area contributed by atoms with Gasteiger partial charge in [-0.15, -0.1) is 0 Å². The summed E-state index contributed by atoms with van der Waals surface area (Å²) in [6, 6.07) is 7.94. The average Bonchev–Trinajstić information content (AvgIpc) is 2.87. The minimum atomic E-state index is -1.25. The van der Waals surface area contributed by atoms with Crippen molar-refractivity contribution in [2.24, 2.45) is 5.92 Å². The van der Waals surface area contributed by atoms with E-state index in [2.05, 4.69) is 0 Å². The maximum atomic E-state index is 14.9. The Morgan fingerprint density at radius 1 is 0.857 bits per heavy atom. The highest BCUT2D eigenvalue weighted by molar-refractivity contribution is 5.34. The fourth-order valence-electron chi connectivity index (χ4n) is 5.60. The van der Waals surface area contributed by atoms with E-state index < -0.39 is 17.9 Å². The van der Waals surface area contributed by atoms with Crippen LogP contribution in [0, 0.1) is 23.4 Å². The van der Waals surface area contributed by atoms with Crippen molar-refractivity contribution in [3.05, 3.63) is 58.9 Å². The number of hydrogen-bond donors (Lipinski definition) is 1. The SMILES string of the molecule is CCOc1ccc(C2CCC(C(O)Oc3ccc(C4CCC(OC)CC4)c(F)c3F)CC2)c(F)c1. The zero-order chi connectivity index (χ0) is 24.9. The van der Waals surface area contributed by atoms with Gasteiger partial charge in [-0.2, -0.15) is 4.39 Å². The number of halogens is 3. The van der Waals surface area contributed by atoms with Crippen molar-refractivity contribution in [2.75, 3.05) is 13.7 Å². The fourth-order valence-corrected chi connectivity index (χ4v) is 5.60. The molecule has 0 saturated heterocycles. The molecule has 7 heteroatoms. The molecule has 0 heterocycles. The molecule has 2 aliphatic rings. The number of hydrogen-bond acceptors (Lipinski definition) is 4. The third-order valence-corrected chi connectivity index (χ3v) is 7.67. The first-order valence-corrected chi connectivity index (χ1v) is 12.7. The van der Waals surface area contributed by atoms with Crippen LogP contribution in [0.1, 0.15) is 81.3 Å². The summed E-state index contributed by atoms with van der Waals surface area (Å²) in [6.07, 6.45) is 4.62. The summed E-state index contributed by atoms with van der Waals surface area (Å²) in [5.74, 6) is -2.25. The minimum Gasteiger partial charge on any atom is -0.494 e. The lowest BCUT2D eigenvalue weighted by Crippen LogP contribution is -2.30.